The molecule has 7 nitrogen and oxygen atoms in total. The standard InChI is InChI=1S/C32H37N3O4/c1-8-34(9-2)24-14-16-25(17-15-24)35-28(22-10-12-23(13-11-22)33(5)6)27(30(37)32(35)38)29(36)26-19-20(3)18-21(4)31(26)39-7/h10-19,28,36H,8-9H2,1-7H3/b29-27+. The Labute approximate surface area is 230 Å². The first-order valence-corrected chi connectivity index (χ1v) is 13.2. The number of hydrogen-bond donors (Lipinski definition) is 1. The first kappa shape index (κ1) is 27.8. The third kappa shape index (κ3) is 5.09. The van der Waals surface area contributed by atoms with E-state index in [2.05, 4.69) is 18.7 Å². The number of amides is 1. The van der Waals surface area contributed by atoms with Crippen LogP contribution in [0.4, 0.5) is 17.1 Å². The van der Waals surface area contributed by atoms with E-state index in [0.717, 1.165) is 41.2 Å². The summed E-state index contributed by atoms with van der Waals surface area (Å²) in [7, 11) is 5.43. The smallest absolute Gasteiger partial charge is 0.300 e. The van der Waals surface area contributed by atoms with Crippen LogP contribution < -0.4 is 19.4 Å². The van der Waals surface area contributed by atoms with E-state index in [9.17, 15) is 14.7 Å². The molecule has 1 N–H and O–H groups in total. The first-order valence-electron chi connectivity index (χ1n) is 13.2. The number of aliphatic hydroxyl groups is 1. The first-order chi connectivity index (χ1) is 18.6. The highest BCUT2D eigenvalue weighted by Gasteiger charge is 2.47. The van der Waals surface area contributed by atoms with E-state index in [1.165, 1.54) is 12.0 Å². The molecule has 0 aromatic heterocycles. The maximum Gasteiger partial charge on any atom is 0.300 e. The van der Waals surface area contributed by atoms with Crippen LogP contribution in [-0.4, -0.2) is 51.1 Å². The van der Waals surface area contributed by atoms with Gasteiger partial charge in [0.15, 0.2) is 0 Å². The lowest BCUT2D eigenvalue weighted by Crippen LogP contribution is -2.29. The van der Waals surface area contributed by atoms with Crippen LogP contribution in [0.15, 0.2) is 66.2 Å². The van der Waals surface area contributed by atoms with E-state index in [1.807, 2.05) is 87.4 Å². The Hall–Kier alpha value is -4.26. The molecule has 4 rings (SSSR count). The van der Waals surface area contributed by atoms with E-state index in [1.54, 1.807) is 6.07 Å². The van der Waals surface area contributed by atoms with E-state index < -0.39 is 17.7 Å². The van der Waals surface area contributed by atoms with Gasteiger partial charge >= 0.3 is 0 Å². The summed E-state index contributed by atoms with van der Waals surface area (Å²) in [5.74, 6) is -1.20. The molecule has 1 saturated heterocycles. The number of carbonyl (C=O) groups is 2. The lowest BCUT2D eigenvalue weighted by molar-refractivity contribution is -0.132. The van der Waals surface area contributed by atoms with Crippen LogP contribution in [0.2, 0.25) is 0 Å². The monoisotopic (exact) mass is 527 g/mol. The average molecular weight is 528 g/mol. The summed E-state index contributed by atoms with van der Waals surface area (Å²) in [6.07, 6.45) is 0. The topological polar surface area (TPSA) is 73.3 Å². The highest BCUT2D eigenvalue weighted by molar-refractivity contribution is 6.51. The molecule has 7 heteroatoms. The van der Waals surface area contributed by atoms with Gasteiger partial charge in [0.2, 0.25) is 0 Å². The SMILES string of the molecule is CCN(CC)c1ccc(N2C(=O)C(=O)/C(=C(/O)c3cc(C)cc(C)c3OC)C2c2ccc(N(C)C)cc2)cc1. The normalized spacial score (nSPS) is 16.5. The molecule has 204 valence electrons. The molecule has 1 atom stereocenters. The van der Waals surface area contributed by atoms with Crippen molar-refractivity contribution in [1.82, 2.24) is 0 Å². The molecule has 1 heterocycles. The molecule has 0 saturated carbocycles. The molecule has 3 aromatic rings. The lowest BCUT2D eigenvalue weighted by Gasteiger charge is -2.27. The molecule has 0 radical (unpaired) electrons. The molecule has 0 aliphatic carbocycles. The number of ketones is 1. The quantitative estimate of drug-likeness (QED) is 0.225. The van der Waals surface area contributed by atoms with Crippen molar-refractivity contribution >= 4 is 34.5 Å². The van der Waals surface area contributed by atoms with Gasteiger partial charge in [0, 0.05) is 44.2 Å². The van der Waals surface area contributed by atoms with Crippen LogP contribution >= 0.6 is 0 Å². The zero-order chi connectivity index (χ0) is 28.4. The second-order valence-corrected chi connectivity index (χ2v) is 10.0. The highest BCUT2D eigenvalue weighted by Crippen LogP contribution is 2.44. The van der Waals surface area contributed by atoms with Crippen LogP contribution in [0.1, 0.15) is 42.1 Å². The van der Waals surface area contributed by atoms with Gasteiger partial charge in [-0.05, 0) is 86.8 Å². The minimum Gasteiger partial charge on any atom is -0.507 e. The fraction of sp³-hybridized carbons (Fsp3) is 0.312. The number of nitrogens with zero attached hydrogens (tertiary/aromatic N) is 3. The zero-order valence-corrected chi connectivity index (χ0v) is 23.8. The maximum absolute atomic E-state index is 13.6. The second kappa shape index (κ2) is 11.2. The molecule has 0 bridgehead atoms. The van der Waals surface area contributed by atoms with Gasteiger partial charge in [-0.2, -0.15) is 0 Å². The second-order valence-electron chi connectivity index (χ2n) is 10.0. The van der Waals surface area contributed by atoms with Crippen LogP contribution in [0, 0.1) is 13.8 Å². The Balaban J connectivity index is 1.93. The summed E-state index contributed by atoms with van der Waals surface area (Å²) < 4.78 is 5.61. The molecule has 1 amide bonds. The average Bonchev–Trinajstić information content (AvgIpc) is 3.19. The van der Waals surface area contributed by atoms with Crippen molar-refractivity contribution < 1.29 is 19.4 Å². The van der Waals surface area contributed by atoms with Gasteiger partial charge in [-0.15, -0.1) is 0 Å². The minimum atomic E-state index is -0.814. The van der Waals surface area contributed by atoms with Crippen LogP contribution in [0.3, 0.4) is 0 Å². The lowest BCUT2D eigenvalue weighted by atomic mass is 9.93. The number of anilines is 3. The Morgan fingerprint density at radius 3 is 2.05 bits per heavy atom. The van der Waals surface area contributed by atoms with Gasteiger partial charge in [-0.25, -0.2) is 0 Å². The number of Topliss-reactive ketones (excluding diaryl/α,β-unsaturated/α-hetero) is 1. The number of methoxy groups -OCH3 is 1. The molecule has 1 aliphatic rings. The predicted octanol–water partition coefficient (Wildman–Crippen LogP) is 5.85. The molecule has 0 spiro atoms. The minimum absolute atomic E-state index is 0.0359. The fourth-order valence-corrected chi connectivity index (χ4v) is 5.33. The van der Waals surface area contributed by atoms with Crippen molar-refractivity contribution in [2.24, 2.45) is 0 Å². The number of aryl methyl sites for hydroxylation is 2. The number of ether oxygens (including phenoxy) is 1. The number of carbonyl (C=O) groups excluding carboxylic acids is 2. The van der Waals surface area contributed by atoms with E-state index in [-0.39, 0.29) is 11.3 Å². The van der Waals surface area contributed by atoms with Crippen LogP contribution in [-0.2, 0) is 9.59 Å². The Morgan fingerprint density at radius 1 is 0.923 bits per heavy atom. The number of rotatable bonds is 8. The van der Waals surface area contributed by atoms with Crippen molar-refractivity contribution in [3.63, 3.8) is 0 Å². The summed E-state index contributed by atoms with van der Waals surface area (Å²) in [5.41, 5.74) is 5.48. The third-order valence-electron chi connectivity index (χ3n) is 7.30. The van der Waals surface area contributed by atoms with Gasteiger partial charge in [-0.1, -0.05) is 18.2 Å². The Kier molecular flexibility index (Phi) is 8.00. The third-order valence-corrected chi connectivity index (χ3v) is 7.30. The molecule has 1 fully saturated rings. The fourth-order valence-electron chi connectivity index (χ4n) is 5.33. The van der Waals surface area contributed by atoms with Gasteiger partial charge in [0.25, 0.3) is 11.7 Å². The summed E-state index contributed by atoms with van der Waals surface area (Å²) in [6.45, 7) is 9.70. The molecule has 1 aliphatic heterocycles. The predicted molar refractivity (Wildman–Crippen MR) is 158 cm³/mol. The molecule has 1 unspecified atom stereocenters. The van der Waals surface area contributed by atoms with Crippen molar-refractivity contribution in [2.45, 2.75) is 33.7 Å². The van der Waals surface area contributed by atoms with Crippen molar-refractivity contribution in [3.05, 3.63) is 88.5 Å². The highest BCUT2D eigenvalue weighted by atomic mass is 16.5. The maximum atomic E-state index is 13.6. The zero-order valence-electron chi connectivity index (χ0n) is 23.8. The largest absolute Gasteiger partial charge is 0.507 e. The van der Waals surface area contributed by atoms with Crippen molar-refractivity contribution in [3.8, 4) is 5.75 Å². The summed E-state index contributed by atoms with van der Waals surface area (Å²) >= 11 is 0. The summed E-state index contributed by atoms with van der Waals surface area (Å²) in [5, 5.41) is 11.7. The van der Waals surface area contributed by atoms with Crippen molar-refractivity contribution in [1.29, 1.82) is 0 Å². The number of benzene rings is 3. The van der Waals surface area contributed by atoms with Crippen molar-refractivity contribution in [2.75, 3.05) is 49.0 Å². The molecular formula is C32H37N3O4. The van der Waals surface area contributed by atoms with Crippen LogP contribution in [0.5, 0.6) is 5.75 Å². The van der Waals surface area contributed by atoms with E-state index in [4.69, 9.17) is 4.74 Å². The molecule has 3 aromatic carbocycles. The van der Waals surface area contributed by atoms with E-state index >= 15 is 0 Å². The van der Waals surface area contributed by atoms with Crippen LogP contribution in [0.25, 0.3) is 5.76 Å². The van der Waals surface area contributed by atoms with Gasteiger partial charge in [0.05, 0.1) is 24.3 Å². The van der Waals surface area contributed by atoms with Gasteiger partial charge in [-0.3, -0.25) is 14.5 Å². The summed E-state index contributed by atoms with van der Waals surface area (Å²) in [4.78, 5) is 32.9. The molecule has 39 heavy (non-hydrogen) atoms. The Morgan fingerprint density at radius 2 is 1.51 bits per heavy atom. The number of aliphatic hydroxyl groups excluding tert-OH is 1. The number of hydrogen-bond acceptors (Lipinski definition) is 6. The molecular weight excluding hydrogens is 490 g/mol. The van der Waals surface area contributed by atoms with Gasteiger partial charge < -0.3 is 19.6 Å². The van der Waals surface area contributed by atoms with E-state index in [0.29, 0.717) is 17.0 Å². The van der Waals surface area contributed by atoms with Gasteiger partial charge in [0.1, 0.15) is 11.5 Å². The summed E-state index contributed by atoms with van der Waals surface area (Å²) in [6, 6.07) is 18.2. The Bertz CT molecular complexity index is 1400.